The van der Waals surface area contributed by atoms with Gasteiger partial charge in [-0.05, 0) is 25.8 Å². The zero-order chi connectivity index (χ0) is 16.1. The van der Waals surface area contributed by atoms with Crippen LogP contribution in [0.3, 0.4) is 0 Å². The summed E-state index contributed by atoms with van der Waals surface area (Å²) in [6.07, 6.45) is 0.646. The minimum Gasteiger partial charge on any atom is -0.479 e. The van der Waals surface area contributed by atoms with Crippen LogP contribution in [0.25, 0.3) is 0 Å². The molecule has 1 atom stereocenters. The normalized spacial score (nSPS) is 11.9. The highest BCUT2D eigenvalue weighted by molar-refractivity contribution is 5.84. The highest BCUT2D eigenvalue weighted by Crippen LogP contribution is 2.16. The molecule has 1 aromatic carbocycles. The number of aromatic nitrogens is 1. The van der Waals surface area contributed by atoms with Crippen LogP contribution < -0.4 is 5.32 Å². The minimum absolute atomic E-state index is 0.180. The first-order valence-corrected chi connectivity index (χ1v) is 6.98. The summed E-state index contributed by atoms with van der Waals surface area (Å²) in [4.78, 5) is 23.4. The molecule has 2 N–H and O–H groups in total. The van der Waals surface area contributed by atoms with Gasteiger partial charge in [0.25, 0.3) is 0 Å². The Morgan fingerprint density at radius 1 is 1.27 bits per heavy atom. The third-order valence-electron chi connectivity index (χ3n) is 3.47. The van der Waals surface area contributed by atoms with Crippen molar-refractivity contribution in [3.63, 3.8) is 0 Å². The molecule has 22 heavy (non-hydrogen) atoms. The monoisotopic (exact) mass is 302 g/mol. The zero-order valence-electron chi connectivity index (χ0n) is 12.5. The van der Waals surface area contributed by atoms with Crippen molar-refractivity contribution in [2.24, 2.45) is 0 Å². The molecule has 0 saturated carbocycles. The summed E-state index contributed by atoms with van der Waals surface area (Å²) < 4.78 is 5.04. The highest BCUT2D eigenvalue weighted by atomic mass is 16.5. The summed E-state index contributed by atoms with van der Waals surface area (Å²) in [6.45, 7) is 3.60. The van der Waals surface area contributed by atoms with Crippen LogP contribution in [0.5, 0.6) is 0 Å². The second-order valence-electron chi connectivity index (χ2n) is 5.05. The van der Waals surface area contributed by atoms with Gasteiger partial charge in [0.05, 0.1) is 5.69 Å². The van der Waals surface area contributed by atoms with Gasteiger partial charge in [-0.25, -0.2) is 4.79 Å². The highest BCUT2D eigenvalue weighted by Gasteiger charge is 2.22. The fraction of sp³-hybridized carbons (Fsp3) is 0.312. The molecule has 0 aliphatic carbocycles. The number of carboxylic acid groups (broad SMARTS) is 1. The first kappa shape index (κ1) is 15.8. The van der Waals surface area contributed by atoms with E-state index < -0.39 is 12.0 Å². The standard InChI is InChI=1S/C16H18N2O4/c1-10-13(11(2)22-18-10)8-9-14(19)17-15(16(20)21)12-6-4-3-5-7-12/h3-7,15H,8-9H2,1-2H3,(H,17,19)(H,20,21). The fourth-order valence-corrected chi connectivity index (χ4v) is 2.26. The van der Waals surface area contributed by atoms with E-state index in [0.717, 1.165) is 11.3 Å². The number of carboxylic acids is 1. The Morgan fingerprint density at radius 2 is 1.95 bits per heavy atom. The van der Waals surface area contributed by atoms with Crippen LogP contribution in [-0.4, -0.2) is 22.1 Å². The summed E-state index contributed by atoms with van der Waals surface area (Å²) in [5.74, 6) is -0.726. The molecule has 0 bridgehead atoms. The number of aryl methyl sites for hydroxylation is 2. The third kappa shape index (κ3) is 3.72. The number of rotatable bonds is 6. The van der Waals surface area contributed by atoms with Crippen LogP contribution >= 0.6 is 0 Å². The maximum atomic E-state index is 12.0. The van der Waals surface area contributed by atoms with E-state index in [2.05, 4.69) is 10.5 Å². The zero-order valence-corrected chi connectivity index (χ0v) is 12.5. The van der Waals surface area contributed by atoms with Crippen LogP contribution in [-0.2, 0) is 16.0 Å². The van der Waals surface area contributed by atoms with Gasteiger partial charge in [0, 0.05) is 12.0 Å². The molecule has 0 aliphatic rings. The average molecular weight is 302 g/mol. The lowest BCUT2D eigenvalue weighted by Crippen LogP contribution is -2.33. The second kappa shape index (κ2) is 6.89. The van der Waals surface area contributed by atoms with Crippen molar-refractivity contribution >= 4 is 11.9 Å². The summed E-state index contributed by atoms with van der Waals surface area (Å²) in [5, 5.41) is 15.7. The van der Waals surface area contributed by atoms with Crippen molar-refractivity contribution < 1.29 is 19.2 Å². The molecule has 2 rings (SSSR count). The molecular formula is C16H18N2O4. The van der Waals surface area contributed by atoms with Gasteiger partial charge in [-0.15, -0.1) is 0 Å². The Balaban J connectivity index is 1.99. The van der Waals surface area contributed by atoms with Crippen LogP contribution in [0.1, 0.15) is 35.0 Å². The lowest BCUT2D eigenvalue weighted by molar-refractivity contribution is -0.142. The molecule has 6 heteroatoms. The number of hydrogen-bond donors (Lipinski definition) is 2. The maximum Gasteiger partial charge on any atom is 0.330 e. The van der Waals surface area contributed by atoms with E-state index in [0.29, 0.717) is 17.7 Å². The number of carbonyl (C=O) groups is 2. The van der Waals surface area contributed by atoms with E-state index in [-0.39, 0.29) is 12.3 Å². The molecule has 1 aromatic heterocycles. The molecule has 0 spiro atoms. The molecule has 1 amide bonds. The predicted octanol–water partition coefficient (Wildman–Crippen LogP) is 2.17. The van der Waals surface area contributed by atoms with E-state index in [1.807, 2.05) is 6.92 Å². The van der Waals surface area contributed by atoms with E-state index in [1.54, 1.807) is 37.3 Å². The van der Waals surface area contributed by atoms with Gasteiger partial charge in [0.15, 0.2) is 6.04 Å². The summed E-state index contributed by atoms with van der Waals surface area (Å²) in [6, 6.07) is 7.57. The number of nitrogens with zero attached hydrogens (tertiary/aromatic N) is 1. The number of carbonyl (C=O) groups excluding carboxylic acids is 1. The maximum absolute atomic E-state index is 12.0. The fourth-order valence-electron chi connectivity index (χ4n) is 2.26. The molecule has 1 unspecified atom stereocenters. The number of benzene rings is 1. The van der Waals surface area contributed by atoms with E-state index in [9.17, 15) is 14.7 Å². The minimum atomic E-state index is -1.09. The third-order valence-corrected chi connectivity index (χ3v) is 3.47. The molecule has 1 heterocycles. The first-order valence-electron chi connectivity index (χ1n) is 6.98. The van der Waals surface area contributed by atoms with Gasteiger partial charge in [-0.1, -0.05) is 35.5 Å². The molecule has 0 aliphatic heterocycles. The Kier molecular flexibility index (Phi) is 4.93. The summed E-state index contributed by atoms with van der Waals surface area (Å²) in [5.41, 5.74) is 2.19. The quantitative estimate of drug-likeness (QED) is 0.853. The smallest absolute Gasteiger partial charge is 0.330 e. The Morgan fingerprint density at radius 3 is 2.50 bits per heavy atom. The van der Waals surface area contributed by atoms with Crippen molar-refractivity contribution in [3.8, 4) is 0 Å². The second-order valence-corrected chi connectivity index (χ2v) is 5.05. The lowest BCUT2D eigenvalue weighted by atomic mass is 10.1. The van der Waals surface area contributed by atoms with Crippen molar-refractivity contribution in [1.82, 2.24) is 10.5 Å². The van der Waals surface area contributed by atoms with E-state index >= 15 is 0 Å². The van der Waals surface area contributed by atoms with Crippen molar-refractivity contribution in [2.75, 3.05) is 0 Å². The molecule has 0 radical (unpaired) electrons. The van der Waals surface area contributed by atoms with E-state index in [4.69, 9.17) is 4.52 Å². The molecule has 6 nitrogen and oxygen atoms in total. The SMILES string of the molecule is Cc1noc(C)c1CCC(=O)NC(C(=O)O)c1ccccc1. The topological polar surface area (TPSA) is 92.4 Å². The van der Waals surface area contributed by atoms with Gasteiger partial charge in [-0.3, -0.25) is 4.79 Å². The van der Waals surface area contributed by atoms with Crippen LogP contribution in [0.4, 0.5) is 0 Å². The Hall–Kier alpha value is -2.63. The van der Waals surface area contributed by atoms with Crippen molar-refractivity contribution in [3.05, 3.63) is 52.9 Å². The Labute approximate surface area is 128 Å². The van der Waals surface area contributed by atoms with Gasteiger partial charge >= 0.3 is 5.97 Å². The number of nitrogens with one attached hydrogen (secondary N) is 1. The summed E-state index contributed by atoms with van der Waals surface area (Å²) in [7, 11) is 0. The van der Waals surface area contributed by atoms with Gasteiger partial charge < -0.3 is 14.9 Å². The first-order chi connectivity index (χ1) is 10.5. The number of hydrogen-bond acceptors (Lipinski definition) is 4. The van der Waals surface area contributed by atoms with Crippen LogP contribution in [0.2, 0.25) is 0 Å². The Bertz CT molecular complexity index is 645. The van der Waals surface area contributed by atoms with E-state index in [1.165, 1.54) is 0 Å². The summed E-state index contributed by atoms with van der Waals surface area (Å²) >= 11 is 0. The number of amides is 1. The molecule has 0 fully saturated rings. The average Bonchev–Trinajstić information content (AvgIpc) is 2.82. The number of aliphatic carboxylic acids is 1. The van der Waals surface area contributed by atoms with Gasteiger partial charge in [-0.2, -0.15) is 0 Å². The lowest BCUT2D eigenvalue weighted by Gasteiger charge is -2.14. The predicted molar refractivity (Wildman–Crippen MR) is 79.3 cm³/mol. The largest absolute Gasteiger partial charge is 0.479 e. The molecule has 0 saturated heterocycles. The van der Waals surface area contributed by atoms with Crippen molar-refractivity contribution in [1.29, 1.82) is 0 Å². The molecular weight excluding hydrogens is 284 g/mol. The van der Waals surface area contributed by atoms with Crippen molar-refractivity contribution in [2.45, 2.75) is 32.7 Å². The van der Waals surface area contributed by atoms with Crippen LogP contribution in [0.15, 0.2) is 34.9 Å². The van der Waals surface area contributed by atoms with Gasteiger partial charge in [0.2, 0.25) is 5.91 Å². The van der Waals surface area contributed by atoms with Crippen LogP contribution in [0, 0.1) is 13.8 Å². The molecule has 2 aromatic rings. The molecule has 116 valence electrons. The van der Waals surface area contributed by atoms with Gasteiger partial charge in [0.1, 0.15) is 5.76 Å².